The summed E-state index contributed by atoms with van der Waals surface area (Å²) in [5.74, 6) is 2.02. The summed E-state index contributed by atoms with van der Waals surface area (Å²) in [5.41, 5.74) is 2.44. The van der Waals surface area contributed by atoms with Crippen molar-refractivity contribution in [3.63, 3.8) is 0 Å². The van der Waals surface area contributed by atoms with E-state index >= 15 is 0 Å². The van der Waals surface area contributed by atoms with Gasteiger partial charge in [-0.3, -0.25) is 4.79 Å². The van der Waals surface area contributed by atoms with Gasteiger partial charge in [-0.25, -0.2) is 8.42 Å². The van der Waals surface area contributed by atoms with Crippen LogP contribution < -0.4 is 4.72 Å². The van der Waals surface area contributed by atoms with E-state index in [-0.39, 0.29) is 17.3 Å². The molecule has 0 fully saturated rings. The Hall–Kier alpha value is -3.40. The zero-order valence-corrected chi connectivity index (χ0v) is 17.9. The number of nitrogens with one attached hydrogen (secondary N) is 1. The number of carbonyl (C=O) groups is 1. The van der Waals surface area contributed by atoms with E-state index < -0.39 is 10.0 Å². The fourth-order valence-electron chi connectivity index (χ4n) is 3.16. The van der Waals surface area contributed by atoms with Crippen LogP contribution in [0.4, 0.5) is 0 Å². The Morgan fingerprint density at radius 2 is 1.55 bits per heavy atom. The molecule has 0 heterocycles. The molecule has 31 heavy (non-hydrogen) atoms. The summed E-state index contributed by atoms with van der Waals surface area (Å²) in [4.78, 5) is 15.1. The summed E-state index contributed by atoms with van der Waals surface area (Å²) in [5, 5.41) is 0. The number of sulfonamides is 1. The average molecular weight is 433 g/mol. The molecule has 6 heteroatoms. The Morgan fingerprint density at radius 1 is 0.903 bits per heavy atom. The largest absolute Gasteiger partial charge is 0.334 e. The van der Waals surface area contributed by atoms with Crippen LogP contribution in [-0.4, -0.2) is 32.3 Å². The quantitative estimate of drug-likeness (QED) is 0.527. The van der Waals surface area contributed by atoms with Crippen molar-refractivity contribution in [3.8, 4) is 12.3 Å². The van der Waals surface area contributed by atoms with Crippen LogP contribution in [0.5, 0.6) is 0 Å². The standard InChI is InChI=1S/C25H24N2O3S/c1-2-17-26-31(29,30)24-15-9-14-23(19-24)25(28)27(20-22-12-7-4-8-13-22)18-16-21-10-5-3-6-11-21/h1,3-15,19,26H,16-18,20H2. The second kappa shape index (κ2) is 10.6. The van der Waals surface area contributed by atoms with Gasteiger partial charge in [0.15, 0.2) is 0 Å². The van der Waals surface area contributed by atoms with Gasteiger partial charge in [-0.05, 0) is 35.7 Å². The van der Waals surface area contributed by atoms with Gasteiger partial charge in [-0.1, -0.05) is 72.7 Å². The van der Waals surface area contributed by atoms with Gasteiger partial charge in [0.25, 0.3) is 5.91 Å². The second-order valence-corrected chi connectivity index (χ2v) is 8.77. The molecule has 0 radical (unpaired) electrons. The lowest BCUT2D eigenvalue weighted by Gasteiger charge is -2.23. The molecule has 5 nitrogen and oxygen atoms in total. The first kappa shape index (κ1) is 22.3. The van der Waals surface area contributed by atoms with E-state index in [4.69, 9.17) is 6.42 Å². The van der Waals surface area contributed by atoms with Crippen molar-refractivity contribution >= 4 is 15.9 Å². The highest BCUT2D eigenvalue weighted by atomic mass is 32.2. The number of benzene rings is 3. The number of amides is 1. The Balaban J connectivity index is 1.85. The van der Waals surface area contributed by atoms with Gasteiger partial charge in [0.05, 0.1) is 11.4 Å². The summed E-state index contributed by atoms with van der Waals surface area (Å²) in [6, 6.07) is 25.7. The third-order valence-electron chi connectivity index (χ3n) is 4.77. The molecule has 158 valence electrons. The highest BCUT2D eigenvalue weighted by Crippen LogP contribution is 2.16. The van der Waals surface area contributed by atoms with Crippen molar-refractivity contribution in [1.82, 2.24) is 9.62 Å². The second-order valence-electron chi connectivity index (χ2n) is 7.00. The Labute approximate surface area is 183 Å². The summed E-state index contributed by atoms with van der Waals surface area (Å²) >= 11 is 0. The number of hydrogen-bond donors (Lipinski definition) is 1. The lowest BCUT2D eigenvalue weighted by molar-refractivity contribution is 0.0745. The van der Waals surface area contributed by atoms with E-state index in [0.29, 0.717) is 25.1 Å². The molecule has 0 aliphatic heterocycles. The van der Waals surface area contributed by atoms with Crippen LogP contribution in [0.25, 0.3) is 0 Å². The highest BCUT2D eigenvalue weighted by Gasteiger charge is 2.20. The maximum Gasteiger partial charge on any atom is 0.254 e. The van der Waals surface area contributed by atoms with Crippen molar-refractivity contribution in [2.24, 2.45) is 0 Å². The van der Waals surface area contributed by atoms with Crippen molar-refractivity contribution in [3.05, 3.63) is 102 Å². The summed E-state index contributed by atoms with van der Waals surface area (Å²) < 4.78 is 27.1. The normalized spacial score (nSPS) is 10.9. The van der Waals surface area contributed by atoms with Crippen molar-refractivity contribution < 1.29 is 13.2 Å². The highest BCUT2D eigenvalue weighted by molar-refractivity contribution is 7.89. The molecule has 3 aromatic rings. The Morgan fingerprint density at radius 3 is 2.19 bits per heavy atom. The van der Waals surface area contributed by atoms with Crippen LogP contribution in [0, 0.1) is 12.3 Å². The van der Waals surface area contributed by atoms with Crippen LogP contribution in [0.15, 0.2) is 89.8 Å². The monoisotopic (exact) mass is 432 g/mol. The third kappa shape index (κ3) is 6.29. The predicted molar refractivity (Wildman–Crippen MR) is 122 cm³/mol. The summed E-state index contributed by atoms with van der Waals surface area (Å²) in [6.45, 7) is 0.820. The number of nitrogens with zero attached hydrogens (tertiary/aromatic N) is 1. The number of hydrogen-bond acceptors (Lipinski definition) is 3. The number of carbonyl (C=O) groups excluding carboxylic acids is 1. The lowest BCUT2D eigenvalue weighted by Crippen LogP contribution is -2.33. The molecule has 0 aromatic heterocycles. The van der Waals surface area contributed by atoms with Crippen LogP contribution >= 0.6 is 0 Å². The minimum absolute atomic E-state index is 0.0105. The Bertz CT molecular complexity index is 1150. The maximum atomic E-state index is 13.3. The molecule has 1 N–H and O–H groups in total. The first-order valence-corrected chi connectivity index (χ1v) is 11.4. The molecule has 0 saturated heterocycles. The topological polar surface area (TPSA) is 66.5 Å². The van der Waals surface area contributed by atoms with Gasteiger partial charge < -0.3 is 4.90 Å². The molecular weight excluding hydrogens is 408 g/mol. The predicted octanol–water partition coefficient (Wildman–Crippen LogP) is 3.48. The average Bonchev–Trinajstić information content (AvgIpc) is 2.81. The van der Waals surface area contributed by atoms with Gasteiger partial charge in [-0.15, -0.1) is 6.42 Å². The first-order valence-electron chi connectivity index (χ1n) is 9.90. The first-order chi connectivity index (χ1) is 15.0. The van der Waals surface area contributed by atoms with E-state index in [1.165, 1.54) is 12.1 Å². The van der Waals surface area contributed by atoms with E-state index in [0.717, 1.165) is 11.1 Å². The Kier molecular flexibility index (Phi) is 7.60. The van der Waals surface area contributed by atoms with E-state index in [1.54, 1.807) is 17.0 Å². The zero-order valence-electron chi connectivity index (χ0n) is 17.1. The van der Waals surface area contributed by atoms with Gasteiger partial charge >= 0.3 is 0 Å². The van der Waals surface area contributed by atoms with Crippen LogP contribution in [0.1, 0.15) is 21.5 Å². The molecule has 0 atom stereocenters. The van der Waals surface area contributed by atoms with Crippen LogP contribution in [0.2, 0.25) is 0 Å². The summed E-state index contributed by atoms with van der Waals surface area (Å²) in [7, 11) is -3.78. The number of rotatable bonds is 9. The molecule has 0 unspecified atom stereocenters. The lowest BCUT2D eigenvalue weighted by atomic mass is 10.1. The fourth-order valence-corrected chi connectivity index (χ4v) is 4.14. The van der Waals surface area contributed by atoms with Crippen molar-refractivity contribution in [2.45, 2.75) is 17.9 Å². The molecule has 0 saturated carbocycles. The van der Waals surface area contributed by atoms with Gasteiger partial charge in [0.1, 0.15) is 0 Å². The SMILES string of the molecule is C#CCNS(=O)(=O)c1cccc(C(=O)N(CCc2ccccc2)Cc2ccccc2)c1. The van der Waals surface area contributed by atoms with E-state index in [1.807, 2.05) is 60.7 Å². The van der Waals surface area contributed by atoms with E-state index in [9.17, 15) is 13.2 Å². The van der Waals surface area contributed by atoms with Crippen LogP contribution in [-0.2, 0) is 23.0 Å². The molecule has 0 aliphatic carbocycles. The smallest absolute Gasteiger partial charge is 0.254 e. The van der Waals surface area contributed by atoms with Crippen molar-refractivity contribution in [2.75, 3.05) is 13.1 Å². The minimum Gasteiger partial charge on any atom is -0.334 e. The van der Waals surface area contributed by atoms with Gasteiger partial charge in [0, 0.05) is 18.7 Å². The molecular formula is C25H24N2O3S. The molecule has 1 amide bonds. The molecule has 0 bridgehead atoms. The maximum absolute atomic E-state index is 13.3. The third-order valence-corrected chi connectivity index (χ3v) is 6.17. The summed E-state index contributed by atoms with van der Waals surface area (Å²) in [6.07, 6.45) is 5.84. The zero-order chi connectivity index (χ0) is 22.1. The van der Waals surface area contributed by atoms with Gasteiger partial charge in [-0.2, -0.15) is 4.72 Å². The van der Waals surface area contributed by atoms with E-state index in [2.05, 4.69) is 10.6 Å². The fraction of sp³-hybridized carbons (Fsp3) is 0.160. The van der Waals surface area contributed by atoms with Gasteiger partial charge in [0.2, 0.25) is 10.0 Å². The van der Waals surface area contributed by atoms with Crippen LogP contribution in [0.3, 0.4) is 0 Å². The molecule has 3 rings (SSSR count). The number of terminal acetylenes is 1. The van der Waals surface area contributed by atoms with Crippen molar-refractivity contribution in [1.29, 1.82) is 0 Å². The molecule has 3 aromatic carbocycles. The minimum atomic E-state index is -3.78. The molecule has 0 spiro atoms. The molecule has 0 aliphatic rings.